The molecule has 1 fully saturated rings. The third kappa shape index (κ3) is 2.03. The number of Topliss-reactive ketones (excluding diaryl/α,β-unsaturated/α-hetero) is 1. The first-order valence-electron chi connectivity index (χ1n) is 6.48. The monoisotopic (exact) mass is 230 g/mol. The second-order valence-corrected chi connectivity index (χ2v) is 6.32. The van der Waals surface area contributed by atoms with Crippen LogP contribution in [-0.2, 0) is 15.6 Å². The average Bonchev–Trinajstić information content (AvgIpc) is 2.14. The van der Waals surface area contributed by atoms with Gasteiger partial charge in [-0.15, -0.1) is 0 Å². The maximum Gasteiger partial charge on any atom is 0.140 e. The molecule has 1 aromatic carbocycles. The van der Waals surface area contributed by atoms with Gasteiger partial charge < -0.3 is 0 Å². The van der Waals surface area contributed by atoms with E-state index in [1.165, 1.54) is 17.5 Å². The van der Waals surface area contributed by atoms with Crippen molar-refractivity contribution in [1.82, 2.24) is 0 Å². The Morgan fingerprint density at radius 2 is 1.65 bits per heavy atom. The Bertz CT molecular complexity index is 416. The number of rotatable bonds is 2. The van der Waals surface area contributed by atoms with E-state index in [1.807, 2.05) is 0 Å². The quantitative estimate of drug-likeness (QED) is 0.750. The van der Waals surface area contributed by atoms with Crippen LogP contribution in [0.25, 0.3) is 0 Å². The molecule has 92 valence electrons. The van der Waals surface area contributed by atoms with Crippen LogP contribution in [-0.4, -0.2) is 5.78 Å². The number of carbonyl (C=O) groups excluding carboxylic acids is 1. The number of carbonyl (C=O) groups is 1. The zero-order valence-electron chi connectivity index (χ0n) is 11.3. The van der Waals surface area contributed by atoms with Gasteiger partial charge >= 0.3 is 0 Å². The summed E-state index contributed by atoms with van der Waals surface area (Å²) in [5.74, 6) is 0.326. The Morgan fingerprint density at radius 1 is 1.12 bits per heavy atom. The standard InChI is InChI=1S/C16H22O/c1-12(17)16(10-5-11-16)14-8-6-13(7-9-14)15(2,3)4/h6-9H,5,10-11H2,1-4H3. The van der Waals surface area contributed by atoms with Crippen molar-refractivity contribution in [2.45, 2.75) is 57.8 Å². The predicted molar refractivity (Wildman–Crippen MR) is 71.4 cm³/mol. The van der Waals surface area contributed by atoms with Crippen LogP contribution in [0.5, 0.6) is 0 Å². The predicted octanol–water partition coefficient (Wildman–Crippen LogP) is 3.99. The van der Waals surface area contributed by atoms with Gasteiger partial charge in [-0.1, -0.05) is 51.5 Å². The molecule has 0 aromatic heterocycles. The molecule has 1 heteroatoms. The molecule has 0 aliphatic heterocycles. The smallest absolute Gasteiger partial charge is 0.140 e. The van der Waals surface area contributed by atoms with Crippen LogP contribution in [0, 0.1) is 0 Å². The fourth-order valence-corrected chi connectivity index (χ4v) is 2.66. The minimum Gasteiger partial charge on any atom is -0.299 e. The maximum absolute atomic E-state index is 11.8. The third-order valence-corrected chi connectivity index (χ3v) is 4.18. The summed E-state index contributed by atoms with van der Waals surface area (Å²) in [6.07, 6.45) is 3.23. The van der Waals surface area contributed by atoms with Gasteiger partial charge in [0.05, 0.1) is 5.41 Å². The normalized spacial score (nSPS) is 18.6. The molecular formula is C16H22O. The van der Waals surface area contributed by atoms with Crippen molar-refractivity contribution in [3.05, 3.63) is 35.4 Å². The minimum absolute atomic E-state index is 0.156. The molecule has 1 saturated carbocycles. The van der Waals surface area contributed by atoms with Crippen molar-refractivity contribution in [3.8, 4) is 0 Å². The lowest BCUT2D eigenvalue weighted by Crippen LogP contribution is -2.41. The van der Waals surface area contributed by atoms with Crippen LogP contribution < -0.4 is 0 Å². The largest absolute Gasteiger partial charge is 0.299 e. The van der Waals surface area contributed by atoms with E-state index in [0.29, 0.717) is 5.78 Å². The third-order valence-electron chi connectivity index (χ3n) is 4.18. The van der Waals surface area contributed by atoms with Crippen molar-refractivity contribution in [3.63, 3.8) is 0 Å². The molecule has 0 N–H and O–H groups in total. The minimum atomic E-state index is -0.156. The summed E-state index contributed by atoms with van der Waals surface area (Å²) in [4.78, 5) is 11.8. The summed E-state index contributed by atoms with van der Waals surface area (Å²) in [7, 11) is 0. The molecule has 0 radical (unpaired) electrons. The van der Waals surface area contributed by atoms with Gasteiger partial charge in [0.2, 0.25) is 0 Å². The van der Waals surface area contributed by atoms with E-state index in [-0.39, 0.29) is 10.8 Å². The zero-order chi connectivity index (χ0) is 12.7. The topological polar surface area (TPSA) is 17.1 Å². The van der Waals surface area contributed by atoms with Crippen LogP contribution in [0.15, 0.2) is 24.3 Å². The first-order valence-corrected chi connectivity index (χ1v) is 6.48. The average molecular weight is 230 g/mol. The highest BCUT2D eigenvalue weighted by molar-refractivity contribution is 5.89. The van der Waals surface area contributed by atoms with Crippen LogP contribution in [0.4, 0.5) is 0 Å². The van der Waals surface area contributed by atoms with E-state index in [4.69, 9.17) is 0 Å². The van der Waals surface area contributed by atoms with Gasteiger partial charge in [0, 0.05) is 0 Å². The summed E-state index contributed by atoms with van der Waals surface area (Å²) in [6, 6.07) is 8.67. The van der Waals surface area contributed by atoms with Crippen molar-refractivity contribution in [2.24, 2.45) is 0 Å². The number of ketones is 1. The van der Waals surface area contributed by atoms with Gasteiger partial charge in [-0.3, -0.25) is 4.79 Å². The number of hydrogen-bond donors (Lipinski definition) is 0. The second-order valence-electron chi connectivity index (χ2n) is 6.32. The van der Waals surface area contributed by atoms with Crippen molar-refractivity contribution >= 4 is 5.78 Å². The molecule has 0 unspecified atom stereocenters. The Morgan fingerprint density at radius 3 is 1.94 bits per heavy atom. The van der Waals surface area contributed by atoms with Gasteiger partial charge in [0.15, 0.2) is 0 Å². The lowest BCUT2D eigenvalue weighted by Gasteiger charge is -2.40. The molecule has 0 heterocycles. The molecule has 2 rings (SSSR count). The Hall–Kier alpha value is -1.11. The molecule has 1 aromatic rings. The summed E-state index contributed by atoms with van der Waals surface area (Å²) >= 11 is 0. The van der Waals surface area contributed by atoms with Crippen molar-refractivity contribution in [2.75, 3.05) is 0 Å². The van der Waals surface area contributed by atoms with Crippen LogP contribution in [0.2, 0.25) is 0 Å². The molecule has 0 spiro atoms. The molecule has 0 bridgehead atoms. The number of benzene rings is 1. The van der Waals surface area contributed by atoms with Crippen LogP contribution >= 0.6 is 0 Å². The molecule has 0 saturated heterocycles. The first-order chi connectivity index (χ1) is 7.86. The molecule has 0 atom stereocenters. The highest BCUT2D eigenvalue weighted by Crippen LogP contribution is 2.44. The van der Waals surface area contributed by atoms with E-state index in [2.05, 4.69) is 45.0 Å². The highest BCUT2D eigenvalue weighted by Gasteiger charge is 2.42. The van der Waals surface area contributed by atoms with Crippen LogP contribution in [0.3, 0.4) is 0 Å². The summed E-state index contributed by atoms with van der Waals surface area (Å²) in [5.41, 5.74) is 2.57. The highest BCUT2D eigenvalue weighted by atomic mass is 16.1. The van der Waals surface area contributed by atoms with Crippen molar-refractivity contribution < 1.29 is 4.79 Å². The molecule has 1 aliphatic rings. The molecular weight excluding hydrogens is 208 g/mol. The Kier molecular flexibility index (Phi) is 2.89. The SMILES string of the molecule is CC(=O)C1(c2ccc(C(C)(C)C)cc2)CCC1. The van der Waals surface area contributed by atoms with E-state index >= 15 is 0 Å². The van der Waals surface area contributed by atoms with Gasteiger partial charge in [0.1, 0.15) is 5.78 Å². The van der Waals surface area contributed by atoms with Gasteiger partial charge in [-0.25, -0.2) is 0 Å². The lowest BCUT2D eigenvalue weighted by molar-refractivity contribution is -0.125. The molecule has 17 heavy (non-hydrogen) atoms. The number of hydrogen-bond acceptors (Lipinski definition) is 1. The summed E-state index contributed by atoms with van der Waals surface area (Å²) in [6.45, 7) is 8.38. The van der Waals surface area contributed by atoms with E-state index in [9.17, 15) is 4.79 Å². The Labute approximate surface area is 104 Å². The molecule has 0 amide bonds. The van der Waals surface area contributed by atoms with Gasteiger partial charge in [-0.2, -0.15) is 0 Å². The first kappa shape index (κ1) is 12.3. The van der Waals surface area contributed by atoms with E-state index in [1.54, 1.807) is 6.92 Å². The summed E-state index contributed by atoms with van der Waals surface area (Å²) in [5, 5.41) is 0. The summed E-state index contributed by atoms with van der Waals surface area (Å²) < 4.78 is 0. The second kappa shape index (κ2) is 3.97. The zero-order valence-corrected chi connectivity index (χ0v) is 11.3. The van der Waals surface area contributed by atoms with Crippen molar-refractivity contribution in [1.29, 1.82) is 0 Å². The lowest BCUT2D eigenvalue weighted by atomic mass is 9.62. The van der Waals surface area contributed by atoms with Crippen LogP contribution in [0.1, 0.15) is 58.1 Å². The van der Waals surface area contributed by atoms with E-state index in [0.717, 1.165) is 12.8 Å². The van der Waals surface area contributed by atoms with E-state index < -0.39 is 0 Å². The van der Waals surface area contributed by atoms with Gasteiger partial charge in [0.25, 0.3) is 0 Å². The van der Waals surface area contributed by atoms with Gasteiger partial charge in [-0.05, 0) is 36.3 Å². The molecule has 1 aliphatic carbocycles. The molecule has 1 nitrogen and oxygen atoms in total. The fourth-order valence-electron chi connectivity index (χ4n) is 2.66. The fraction of sp³-hybridized carbons (Fsp3) is 0.562. The maximum atomic E-state index is 11.8. The Balaban J connectivity index is 2.32.